The first-order valence-corrected chi connectivity index (χ1v) is 11.0. The van der Waals surface area contributed by atoms with E-state index in [9.17, 15) is 13.2 Å². The van der Waals surface area contributed by atoms with Gasteiger partial charge in [-0.25, -0.2) is 17.8 Å². The maximum Gasteiger partial charge on any atom is 0.244 e. The molecule has 0 unspecified atom stereocenters. The predicted octanol–water partition coefficient (Wildman–Crippen LogP) is 2.75. The van der Waals surface area contributed by atoms with E-state index in [1.807, 2.05) is 36.5 Å². The Morgan fingerprint density at radius 3 is 2.63 bits per heavy atom. The van der Waals surface area contributed by atoms with Gasteiger partial charge >= 0.3 is 0 Å². The second-order valence-electron chi connectivity index (χ2n) is 6.55. The Morgan fingerprint density at radius 2 is 1.93 bits per heavy atom. The van der Waals surface area contributed by atoms with E-state index in [1.165, 1.54) is 19.1 Å². The van der Waals surface area contributed by atoms with Crippen LogP contribution in [-0.2, 0) is 21.2 Å². The van der Waals surface area contributed by atoms with Crippen molar-refractivity contribution < 1.29 is 17.9 Å². The third kappa shape index (κ3) is 5.46. The highest BCUT2D eigenvalue weighted by Gasteiger charge is 2.20. The van der Waals surface area contributed by atoms with Crippen molar-refractivity contribution in [3.63, 3.8) is 0 Å². The lowest BCUT2D eigenvalue weighted by Gasteiger charge is -2.13. The zero-order chi connectivity index (χ0) is 21.6. The second-order valence-corrected chi connectivity index (χ2v) is 8.29. The van der Waals surface area contributed by atoms with Crippen LogP contribution >= 0.6 is 0 Å². The van der Waals surface area contributed by atoms with Gasteiger partial charge in [-0.2, -0.15) is 5.10 Å². The molecule has 0 aliphatic rings. The lowest BCUT2D eigenvalue weighted by molar-refractivity contribution is -0.114. The van der Waals surface area contributed by atoms with Crippen LogP contribution in [-0.4, -0.2) is 37.3 Å². The normalized spacial score (nSPS) is 11.3. The standard InChI is InChI=1S/C21H24N4O4S/c1-3-29-20-10-9-18(24-16(2)26)13-21(20)30(27,28)23-12-11-17-14-22-25(15-17)19-7-5-4-6-8-19/h4-10,13-15,23H,3,11-12H2,1-2H3,(H,24,26). The summed E-state index contributed by atoms with van der Waals surface area (Å²) in [5.41, 5.74) is 2.22. The molecule has 30 heavy (non-hydrogen) atoms. The third-order valence-corrected chi connectivity index (χ3v) is 5.70. The van der Waals surface area contributed by atoms with Crippen molar-refractivity contribution in [3.05, 3.63) is 66.5 Å². The van der Waals surface area contributed by atoms with Gasteiger partial charge in [0.25, 0.3) is 0 Å². The predicted molar refractivity (Wildman–Crippen MR) is 114 cm³/mol. The molecule has 3 aromatic rings. The van der Waals surface area contributed by atoms with Crippen molar-refractivity contribution in [1.82, 2.24) is 14.5 Å². The summed E-state index contributed by atoms with van der Waals surface area (Å²) in [6.45, 7) is 3.65. The van der Waals surface area contributed by atoms with Gasteiger partial charge in [0, 0.05) is 25.4 Å². The van der Waals surface area contributed by atoms with Gasteiger partial charge in [0.15, 0.2) is 0 Å². The fourth-order valence-electron chi connectivity index (χ4n) is 2.89. The van der Waals surface area contributed by atoms with Crippen molar-refractivity contribution >= 4 is 21.6 Å². The summed E-state index contributed by atoms with van der Waals surface area (Å²) >= 11 is 0. The lowest BCUT2D eigenvalue weighted by Crippen LogP contribution is -2.26. The van der Waals surface area contributed by atoms with E-state index in [0.717, 1.165) is 11.3 Å². The van der Waals surface area contributed by atoms with Gasteiger partial charge in [0.2, 0.25) is 15.9 Å². The van der Waals surface area contributed by atoms with Crippen LogP contribution in [0.25, 0.3) is 5.69 Å². The van der Waals surface area contributed by atoms with E-state index in [2.05, 4.69) is 15.1 Å². The summed E-state index contributed by atoms with van der Waals surface area (Å²) in [4.78, 5) is 11.3. The van der Waals surface area contributed by atoms with Gasteiger partial charge in [0.1, 0.15) is 10.6 Å². The zero-order valence-corrected chi connectivity index (χ0v) is 17.6. The molecule has 0 bridgehead atoms. The molecule has 3 rings (SSSR count). The Kier molecular flexibility index (Phi) is 6.86. The molecule has 0 atom stereocenters. The van der Waals surface area contributed by atoms with Gasteiger partial charge in [-0.3, -0.25) is 4.79 Å². The number of amides is 1. The molecule has 1 amide bonds. The number of carbonyl (C=O) groups is 1. The number of hydrogen-bond acceptors (Lipinski definition) is 5. The molecule has 0 radical (unpaired) electrons. The van der Waals surface area contributed by atoms with E-state index in [-0.39, 0.29) is 23.1 Å². The number of rotatable bonds is 9. The molecule has 0 aliphatic carbocycles. The average Bonchev–Trinajstić information content (AvgIpc) is 3.18. The number of anilines is 1. The van der Waals surface area contributed by atoms with Crippen LogP contribution < -0.4 is 14.8 Å². The van der Waals surface area contributed by atoms with Gasteiger partial charge in [-0.15, -0.1) is 0 Å². The Hall–Kier alpha value is -3.17. The van der Waals surface area contributed by atoms with Crippen LogP contribution in [0.15, 0.2) is 65.8 Å². The van der Waals surface area contributed by atoms with Gasteiger partial charge < -0.3 is 10.1 Å². The molecular weight excluding hydrogens is 404 g/mol. The fourth-order valence-corrected chi connectivity index (χ4v) is 4.09. The largest absolute Gasteiger partial charge is 0.492 e. The molecule has 0 fully saturated rings. The Labute approximate surface area is 175 Å². The summed E-state index contributed by atoms with van der Waals surface area (Å²) in [6, 6.07) is 14.2. The molecule has 0 spiro atoms. The lowest BCUT2D eigenvalue weighted by atomic mass is 10.2. The Balaban J connectivity index is 1.70. The highest BCUT2D eigenvalue weighted by Crippen LogP contribution is 2.27. The van der Waals surface area contributed by atoms with Gasteiger partial charge in [-0.1, -0.05) is 18.2 Å². The average molecular weight is 429 g/mol. The first kappa shape index (κ1) is 21.5. The summed E-state index contributed by atoms with van der Waals surface area (Å²) in [5.74, 6) is -0.0538. The molecule has 0 saturated heterocycles. The quantitative estimate of drug-likeness (QED) is 0.546. The topological polar surface area (TPSA) is 102 Å². The minimum Gasteiger partial charge on any atom is -0.492 e. The molecule has 158 valence electrons. The number of nitrogens with one attached hydrogen (secondary N) is 2. The Bertz CT molecular complexity index is 1110. The summed E-state index contributed by atoms with van der Waals surface area (Å²) in [6.07, 6.45) is 4.05. The number of nitrogens with zero attached hydrogens (tertiary/aromatic N) is 2. The minimum absolute atomic E-state index is 0.0180. The maximum absolute atomic E-state index is 12.9. The van der Waals surface area contributed by atoms with E-state index in [0.29, 0.717) is 18.7 Å². The van der Waals surface area contributed by atoms with Crippen LogP contribution in [0.1, 0.15) is 19.4 Å². The van der Waals surface area contributed by atoms with E-state index in [4.69, 9.17) is 4.74 Å². The van der Waals surface area contributed by atoms with Crippen molar-refractivity contribution in [2.45, 2.75) is 25.2 Å². The summed E-state index contributed by atoms with van der Waals surface area (Å²) in [5, 5.41) is 6.91. The number of sulfonamides is 1. The van der Waals surface area contributed by atoms with E-state index in [1.54, 1.807) is 23.9 Å². The molecule has 2 N–H and O–H groups in total. The van der Waals surface area contributed by atoms with Crippen molar-refractivity contribution in [3.8, 4) is 11.4 Å². The van der Waals surface area contributed by atoms with Crippen LogP contribution in [0, 0.1) is 0 Å². The van der Waals surface area contributed by atoms with Crippen LogP contribution in [0.4, 0.5) is 5.69 Å². The van der Waals surface area contributed by atoms with Crippen molar-refractivity contribution in [1.29, 1.82) is 0 Å². The molecule has 0 saturated carbocycles. The molecule has 1 aromatic heterocycles. The molecule has 0 aliphatic heterocycles. The molecular formula is C21H24N4O4S. The van der Waals surface area contributed by atoms with Gasteiger partial charge in [0.05, 0.1) is 18.5 Å². The van der Waals surface area contributed by atoms with Crippen LogP contribution in [0.2, 0.25) is 0 Å². The third-order valence-electron chi connectivity index (χ3n) is 4.22. The van der Waals surface area contributed by atoms with Crippen LogP contribution in [0.3, 0.4) is 0 Å². The van der Waals surface area contributed by atoms with Crippen LogP contribution in [0.5, 0.6) is 5.75 Å². The monoisotopic (exact) mass is 428 g/mol. The summed E-state index contributed by atoms with van der Waals surface area (Å²) < 4.78 is 35.5. The Morgan fingerprint density at radius 1 is 1.17 bits per heavy atom. The van der Waals surface area contributed by atoms with E-state index < -0.39 is 10.0 Å². The summed E-state index contributed by atoms with van der Waals surface area (Å²) in [7, 11) is -3.84. The number of ether oxygens (including phenoxy) is 1. The number of hydrogen-bond donors (Lipinski definition) is 2. The first-order valence-electron chi connectivity index (χ1n) is 9.52. The first-order chi connectivity index (χ1) is 14.4. The second kappa shape index (κ2) is 9.55. The molecule has 8 nitrogen and oxygen atoms in total. The molecule has 9 heteroatoms. The SMILES string of the molecule is CCOc1ccc(NC(C)=O)cc1S(=O)(=O)NCCc1cnn(-c2ccccc2)c1. The highest BCUT2D eigenvalue weighted by molar-refractivity contribution is 7.89. The number of para-hydroxylation sites is 1. The van der Waals surface area contributed by atoms with E-state index >= 15 is 0 Å². The van der Waals surface area contributed by atoms with Crippen molar-refractivity contribution in [2.24, 2.45) is 0 Å². The highest BCUT2D eigenvalue weighted by atomic mass is 32.2. The fraction of sp³-hybridized carbons (Fsp3) is 0.238. The minimum atomic E-state index is -3.84. The molecule has 2 aromatic carbocycles. The number of carbonyl (C=O) groups excluding carboxylic acids is 1. The smallest absolute Gasteiger partial charge is 0.244 e. The number of aromatic nitrogens is 2. The van der Waals surface area contributed by atoms with Crippen molar-refractivity contribution in [2.75, 3.05) is 18.5 Å². The van der Waals surface area contributed by atoms with Gasteiger partial charge in [-0.05, 0) is 49.2 Å². The maximum atomic E-state index is 12.9. The molecule has 1 heterocycles. The number of benzene rings is 2. The zero-order valence-electron chi connectivity index (χ0n) is 16.8.